The summed E-state index contributed by atoms with van der Waals surface area (Å²) in [6.07, 6.45) is 3.49. The van der Waals surface area contributed by atoms with E-state index in [0.717, 1.165) is 47.0 Å². The van der Waals surface area contributed by atoms with Crippen molar-refractivity contribution in [3.63, 3.8) is 0 Å². The molecule has 0 radical (unpaired) electrons. The molecule has 2 aromatic rings. The maximum Gasteiger partial charge on any atom is 0.340 e. The molecule has 2 unspecified atom stereocenters. The molecular weight excluding hydrogens is 397 g/mol. The normalized spacial score (nSPS) is 26.8. The van der Waals surface area contributed by atoms with Crippen LogP contribution in [0.3, 0.4) is 0 Å². The molecule has 0 amide bonds. The monoisotopic (exact) mass is 419 g/mol. The van der Waals surface area contributed by atoms with Gasteiger partial charge in [-0.2, -0.15) is 0 Å². The van der Waals surface area contributed by atoms with Gasteiger partial charge in [-0.25, -0.2) is 14.2 Å². The van der Waals surface area contributed by atoms with Gasteiger partial charge >= 0.3 is 5.97 Å². The molecule has 1 aromatic heterocycles. The van der Waals surface area contributed by atoms with Crippen molar-refractivity contribution in [2.45, 2.75) is 45.6 Å². The number of aliphatic hydroxyl groups is 1. The summed E-state index contributed by atoms with van der Waals surface area (Å²) in [6.45, 7) is 3.70. The van der Waals surface area contributed by atoms with Crippen molar-refractivity contribution < 1.29 is 23.8 Å². The van der Waals surface area contributed by atoms with Gasteiger partial charge in [0.05, 0.1) is 11.2 Å². The van der Waals surface area contributed by atoms with Crippen molar-refractivity contribution in [3.05, 3.63) is 57.1 Å². The van der Waals surface area contributed by atoms with Gasteiger partial charge in [-0.1, -0.05) is 6.92 Å². The van der Waals surface area contributed by atoms with E-state index in [-0.39, 0.29) is 30.0 Å². The van der Waals surface area contributed by atoms with Gasteiger partial charge < -0.3 is 9.84 Å². The van der Waals surface area contributed by atoms with Crippen LogP contribution in [0.25, 0.3) is 16.5 Å². The molecule has 1 aromatic carbocycles. The Morgan fingerprint density at radius 2 is 1.97 bits per heavy atom. The number of ketones is 1. The van der Waals surface area contributed by atoms with Crippen molar-refractivity contribution in [3.8, 4) is 0 Å². The highest BCUT2D eigenvalue weighted by Gasteiger charge is 2.44. The average molecular weight is 419 g/mol. The highest BCUT2D eigenvalue weighted by molar-refractivity contribution is 6.05. The number of nitrogens with zero attached hydrogens (tertiary/aromatic N) is 1. The van der Waals surface area contributed by atoms with Gasteiger partial charge in [0, 0.05) is 28.5 Å². The second-order valence-corrected chi connectivity index (χ2v) is 9.13. The van der Waals surface area contributed by atoms with Crippen LogP contribution in [0.15, 0.2) is 23.3 Å². The predicted octanol–water partition coefficient (Wildman–Crippen LogP) is 3.16. The highest BCUT2D eigenvalue weighted by atomic mass is 19.1. The number of rotatable bonds is 0. The third-order valence-electron chi connectivity index (χ3n) is 7.63. The first-order chi connectivity index (χ1) is 14.9. The number of pyridine rings is 1. The van der Waals surface area contributed by atoms with Crippen molar-refractivity contribution in [2.75, 3.05) is 6.61 Å². The number of carbonyl (C=O) groups is 2. The number of ether oxygens (including phenoxy) is 1. The summed E-state index contributed by atoms with van der Waals surface area (Å²) in [7, 11) is 0. The molecule has 158 valence electrons. The van der Waals surface area contributed by atoms with Crippen LogP contribution in [0.1, 0.15) is 41.3 Å². The predicted molar refractivity (Wildman–Crippen MR) is 112 cm³/mol. The lowest BCUT2D eigenvalue weighted by Gasteiger charge is -2.34. The molecule has 4 aliphatic rings. The molecule has 6 heteroatoms. The number of allylic oxidation sites excluding steroid dienone is 1. The van der Waals surface area contributed by atoms with Gasteiger partial charge in [0.1, 0.15) is 12.4 Å². The zero-order chi connectivity index (χ0) is 21.6. The zero-order valence-electron chi connectivity index (χ0n) is 17.4. The number of carbonyl (C=O) groups excluding carboxylic acids is 2. The third-order valence-corrected chi connectivity index (χ3v) is 7.63. The second-order valence-electron chi connectivity index (χ2n) is 9.13. The van der Waals surface area contributed by atoms with Gasteiger partial charge in [0.25, 0.3) is 0 Å². The Morgan fingerprint density at radius 3 is 2.77 bits per heavy atom. The molecule has 0 spiro atoms. The summed E-state index contributed by atoms with van der Waals surface area (Å²) >= 11 is 0. The van der Waals surface area contributed by atoms with Crippen LogP contribution >= 0.6 is 0 Å². The molecule has 2 bridgehead atoms. The van der Waals surface area contributed by atoms with Gasteiger partial charge in [-0.05, 0) is 72.4 Å². The first kappa shape index (κ1) is 18.9. The Labute approximate surface area is 178 Å². The number of cyclic esters (lactones) is 1. The molecule has 3 atom stereocenters. The standard InChI is InChI=1S/C25H22FNO4/c1-10-14-6-17-18(9-31-25(30)24(17)29)23(28)15(10)7-16-13-5-3-4-12-11(2)19(26)8-20(21(12)13)27-22(14)16/h6,8,10,15,24,29H,3-5,7,9H2,1-2H3/t10?,15?,24-/m0/s1. The summed E-state index contributed by atoms with van der Waals surface area (Å²) in [4.78, 5) is 30.3. The first-order valence-electron chi connectivity index (χ1n) is 10.8. The van der Waals surface area contributed by atoms with E-state index in [2.05, 4.69) is 0 Å². The van der Waals surface area contributed by atoms with Gasteiger partial charge in [-0.3, -0.25) is 4.79 Å². The third kappa shape index (κ3) is 2.42. The summed E-state index contributed by atoms with van der Waals surface area (Å²) in [5, 5.41) is 11.5. The van der Waals surface area contributed by atoms with E-state index >= 15 is 0 Å². The molecule has 1 N–H and O–H groups in total. The minimum absolute atomic E-state index is 0.0652. The van der Waals surface area contributed by atoms with Gasteiger partial charge in [0.2, 0.25) is 0 Å². The van der Waals surface area contributed by atoms with Crippen LogP contribution in [0.5, 0.6) is 0 Å². The van der Waals surface area contributed by atoms with E-state index in [1.165, 1.54) is 11.6 Å². The van der Waals surface area contributed by atoms with E-state index in [1.807, 2.05) is 13.8 Å². The number of aryl methyl sites for hydroxylation is 2. The molecule has 1 aliphatic heterocycles. The van der Waals surface area contributed by atoms with Crippen molar-refractivity contribution >= 4 is 28.2 Å². The van der Waals surface area contributed by atoms with E-state index in [0.29, 0.717) is 28.6 Å². The number of benzene rings is 1. The number of halogens is 1. The lowest BCUT2D eigenvalue weighted by molar-refractivity contribution is -0.152. The minimum atomic E-state index is -1.47. The average Bonchev–Trinajstić information content (AvgIpc) is 2.82. The molecule has 3 aliphatic carbocycles. The molecule has 0 saturated heterocycles. The Hall–Kier alpha value is -2.86. The second kappa shape index (κ2) is 6.33. The number of fused-ring (bicyclic) bond motifs is 5. The molecule has 5 nitrogen and oxygen atoms in total. The summed E-state index contributed by atoms with van der Waals surface area (Å²) < 4.78 is 19.7. The van der Waals surface area contributed by atoms with Crippen LogP contribution in [-0.4, -0.2) is 34.6 Å². The van der Waals surface area contributed by atoms with Gasteiger partial charge in [0.15, 0.2) is 11.9 Å². The number of hydrogen-bond donors (Lipinski definition) is 1. The lowest BCUT2D eigenvalue weighted by atomic mass is 9.70. The van der Waals surface area contributed by atoms with Crippen molar-refractivity contribution in [1.82, 2.24) is 4.98 Å². The molecule has 6 rings (SSSR count). The topological polar surface area (TPSA) is 76.5 Å². The maximum atomic E-state index is 14.7. The Balaban J connectivity index is 1.67. The molecule has 2 heterocycles. The molecular formula is C25H22FNO4. The fourth-order valence-corrected chi connectivity index (χ4v) is 5.90. The quantitative estimate of drug-likeness (QED) is 0.664. The number of aliphatic hydroxyl groups excluding tert-OH is 1. The van der Waals surface area contributed by atoms with Crippen molar-refractivity contribution in [1.29, 1.82) is 0 Å². The van der Waals surface area contributed by atoms with E-state index in [4.69, 9.17) is 9.72 Å². The van der Waals surface area contributed by atoms with E-state index in [9.17, 15) is 19.1 Å². The molecule has 31 heavy (non-hydrogen) atoms. The smallest absolute Gasteiger partial charge is 0.340 e. The largest absolute Gasteiger partial charge is 0.458 e. The first-order valence-corrected chi connectivity index (χ1v) is 10.8. The van der Waals surface area contributed by atoms with Crippen LogP contribution in [0.2, 0.25) is 0 Å². The van der Waals surface area contributed by atoms with Crippen molar-refractivity contribution in [2.24, 2.45) is 11.8 Å². The van der Waals surface area contributed by atoms with Gasteiger partial charge in [-0.15, -0.1) is 0 Å². The maximum absolute atomic E-state index is 14.7. The Kier molecular flexibility index (Phi) is 3.85. The number of hydrogen-bond acceptors (Lipinski definition) is 5. The Bertz CT molecular complexity index is 1290. The minimum Gasteiger partial charge on any atom is -0.458 e. The summed E-state index contributed by atoms with van der Waals surface area (Å²) in [6, 6.07) is 1.51. The highest BCUT2D eigenvalue weighted by Crippen LogP contribution is 2.47. The number of Topliss-reactive ketones (excluding diaryl/α,β-unsaturated/α-hetero) is 1. The Morgan fingerprint density at radius 1 is 1.19 bits per heavy atom. The molecule has 0 fully saturated rings. The van der Waals surface area contributed by atoms with E-state index in [1.54, 1.807) is 6.08 Å². The fourth-order valence-electron chi connectivity index (χ4n) is 5.90. The zero-order valence-corrected chi connectivity index (χ0v) is 17.4. The van der Waals surface area contributed by atoms with Crippen LogP contribution in [0.4, 0.5) is 4.39 Å². The van der Waals surface area contributed by atoms with Crippen LogP contribution < -0.4 is 0 Å². The van der Waals surface area contributed by atoms with Crippen LogP contribution in [-0.2, 0) is 33.6 Å². The number of aromatic nitrogens is 1. The summed E-state index contributed by atoms with van der Waals surface area (Å²) in [5.74, 6) is -1.47. The number of esters is 1. The SMILES string of the molecule is Cc1c(F)cc2nc3c(c4c2c1CCC4)CC1C(=O)C2=C(C=C3C1C)[C@H](O)C(=O)OC2. The summed E-state index contributed by atoms with van der Waals surface area (Å²) in [5.41, 5.74) is 6.91. The van der Waals surface area contributed by atoms with E-state index < -0.39 is 12.1 Å². The van der Waals surface area contributed by atoms with Crippen LogP contribution in [0, 0.1) is 24.6 Å². The fraction of sp³-hybridized carbons (Fsp3) is 0.400. The molecule has 0 saturated carbocycles. The lowest BCUT2D eigenvalue weighted by Crippen LogP contribution is -2.36.